The van der Waals surface area contributed by atoms with E-state index in [0.29, 0.717) is 0 Å². The predicted molar refractivity (Wildman–Crippen MR) is 21.7 cm³/mol. The van der Waals surface area contributed by atoms with Crippen LogP contribution in [0.5, 0.6) is 0 Å². The number of hydrogen-bond acceptors (Lipinski definition) is 0. The Morgan fingerprint density at radius 1 is 0.286 bits per heavy atom. The monoisotopic (exact) mass is 247 g/mol. The van der Waals surface area contributed by atoms with Crippen molar-refractivity contribution in [3.63, 3.8) is 0 Å². The van der Waals surface area contributed by atoms with Crippen molar-refractivity contribution in [2.75, 3.05) is 0 Å². The van der Waals surface area contributed by atoms with Gasteiger partial charge in [-0.2, -0.15) is 0 Å². The first-order chi connectivity index (χ1) is 0. The SMILES string of the molecule is O.O.O.O.O.O.[La]. The topological polar surface area (TPSA) is 189 Å². The van der Waals surface area contributed by atoms with Crippen LogP contribution in [0.4, 0.5) is 0 Å². The van der Waals surface area contributed by atoms with Crippen LogP contribution >= 0.6 is 0 Å². The molecule has 7 heavy (non-hydrogen) atoms. The van der Waals surface area contributed by atoms with Crippen molar-refractivity contribution in [3.05, 3.63) is 0 Å². The van der Waals surface area contributed by atoms with Gasteiger partial charge in [-0.15, -0.1) is 0 Å². The van der Waals surface area contributed by atoms with E-state index in [4.69, 9.17) is 0 Å². The van der Waals surface area contributed by atoms with Gasteiger partial charge in [0.2, 0.25) is 0 Å². The summed E-state index contributed by atoms with van der Waals surface area (Å²) in [6.45, 7) is 0. The molecule has 0 atom stereocenters. The molecule has 7 heteroatoms. The van der Waals surface area contributed by atoms with Gasteiger partial charge in [-0.05, 0) is 0 Å². The van der Waals surface area contributed by atoms with E-state index >= 15 is 0 Å². The van der Waals surface area contributed by atoms with E-state index in [2.05, 4.69) is 0 Å². The minimum atomic E-state index is 0. The third-order valence-electron chi connectivity index (χ3n) is 0. The average Bonchev–Trinajstić information content (AvgIpc) is 0. The van der Waals surface area contributed by atoms with Gasteiger partial charge in [0, 0.05) is 35.6 Å². The molecular formula is H12LaO6. The molecule has 0 saturated heterocycles. The second-order valence-electron chi connectivity index (χ2n) is 0. The zero-order valence-corrected chi connectivity index (χ0v) is 7.20. The van der Waals surface area contributed by atoms with Crippen LogP contribution in [0, 0.1) is 35.6 Å². The number of rotatable bonds is 0. The maximum Gasteiger partial charge on any atom is 0 e. The standard InChI is InChI=1S/La.6H2O/h;6*1H2. The van der Waals surface area contributed by atoms with Gasteiger partial charge in [0.1, 0.15) is 0 Å². The first kappa shape index (κ1) is 422. The Kier molecular flexibility index (Phi) is 16300. The summed E-state index contributed by atoms with van der Waals surface area (Å²) in [6.07, 6.45) is 0. The molecule has 0 saturated carbocycles. The molecule has 0 heterocycles. The Morgan fingerprint density at radius 2 is 0.286 bits per heavy atom. The van der Waals surface area contributed by atoms with Crippen molar-refractivity contribution in [1.82, 2.24) is 0 Å². The quantitative estimate of drug-likeness (QED) is 0.396. The zero-order chi connectivity index (χ0) is 0. The Bertz CT molecular complexity index is 4.14. The summed E-state index contributed by atoms with van der Waals surface area (Å²) in [6, 6.07) is 0. The third kappa shape index (κ3) is 187. The Morgan fingerprint density at radius 3 is 0.286 bits per heavy atom. The van der Waals surface area contributed by atoms with Gasteiger partial charge in [-0.3, -0.25) is 0 Å². The summed E-state index contributed by atoms with van der Waals surface area (Å²) >= 11 is 0. The van der Waals surface area contributed by atoms with Gasteiger partial charge in [0.05, 0.1) is 0 Å². The molecule has 0 spiro atoms. The van der Waals surface area contributed by atoms with Gasteiger partial charge in [-0.1, -0.05) is 0 Å². The first-order valence-electron chi connectivity index (χ1n) is 0. The molecule has 1 radical (unpaired) electrons. The van der Waals surface area contributed by atoms with Crippen molar-refractivity contribution >= 4 is 0 Å². The molecule has 0 fully saturated rings. The van der Waals surface area contributed by atoms with E-state index in [0.717, 1.165) is 0 Å². The normalized spacial score (nSPS) is 0. The van der Waals surface area contributed by atoms with Crippen LogP contribution < -0.4 is 0 Å². The van der Waals surface area contributed by atoms with Crippen LogP contribution in [-0.4, -0.2) is 32.9 Å². The maximum atomic E-state index is 0. The van der Waals surface area contributed by atoms with E-state index in [1.807, 2.05) is 0 Å². The van der Waals surface area contributed by atoms with E-state index < -0.39 is 0 Å². The fourth-order valence-corrected chi connectivity index (χ4v) is 0. The minimum Gasteiger partial charge on any atom is -0.412 e. The van der Waals surface area contributed by atoms with E-state index in [1.165, 1.54) is 0 Å². The van der Waals surface area contributed by atoms with Crippen LogP contribution in [0.25, 0.3) is 0 Å². The van der Waals surface area contributed by atoms with Crippen LogP contribution in [0.3, 0.4) is 0 Å². The smallest absolute Gasteiger partial charge is 0 e. The van der Waals surface area contributed by atoms with Gasteiger partial charge in [0.15, 0.2) is 0 Å². The molecule has 0 aliphatic carbocycles. The summed E-state index contributed by atoms with van der Waals surface area (Å²) in [5.74, 6) is 0. The average molecular weight is 247 g/mol. The van der Waals surface area contributed by atoms with Crippen molar-refractivity contribution in [2.45, 2.75) is 0 Å². The third-order valence-corrected chi connectivity index (χ3v) is 0. The summed E-state index contributed by atoms with van der Waals surface area (Å²) < 4.78 is 0. The molecule has 6 nitrogen and oxygen atoms in total. The van der Waals surface area contributed by atoms with Crippen LogP contribution in [0.15, 0.2) is 0 Å². The summed E-state index contributed by atoms with van der Waals surface area (Å²) in [4.78, 5) is 0. The molecule has 0 amide bonds. The molecule has 51 valence electrons. The molecule has 0 aliphatic rings. The van der Waals surface area contributed by atoms with Gasteiger partial charge >= 0.3 is 0 Å². The largest absolute Gasteiger partial charge is 0.412 e. The molecule has 0 bridgehead atoms. The number of hydrogen-bond donors (Lipinski definition) is 0. The molecule has 0 aromatic carbocycles. The second kappa shape index (κ2) is 271. The first-order valence-corrected chi connectivity index (χ1v) is 0. The van der Waals surface area contributed by atoms with Crippen LogP contribution in [-0.2, 0) is 0 Å². The van der Waals surface area contributed by atoms with Crippen molar-refractivity contribution in [2.24, 2.45) is 0 Å². The predicted octanol–water partition coefficient (Wildman–Crippen LogP) is -4.95. The van der Waals surface area contributed by atoms with E-state index in [1.54, 1.807) is 0 Å². The minimum absolute atomic E-state index is 0. The van der Waals surface area contributed by atoms with E-state index in [-0.39, 0.29) is 68.5 Å². The molecule has 0 aliphatic heterocycles. The maximum absolute atomic E-state index is 0. The Balaban J connectivity index is 0. The second-order valence-corrected chi connectivity index (χ2v) is 0. The molecular weight excluding hydrogens is 235 g/mol. The summed E-state index contributed by atoms with van der Waals surface area (Å²) in [7, 11) is 0. The zero-order valence-electron chi connectivity index (χ0n) is 3.58. The van der Waals surface area contributed by atoms with Crippen LogP contribution in [0.2, 0.25) is 0 Å². The molecule has 12 N–H and O–H groups in total. The van der Waals surface area contributed by atoms with Crippen LogP contribution in [0.1, 0.15) is 0 Å². The van der Waals surface area contributed by atoms with Crippen molar-refractivity contribution < 1.29 is 68.5 Å². The Labute approximate surface area is 68.4 Å². The van der Waals surface area contributed by atoms with Crippen molar-refractivity contribution in [3.8, 4) is 0 Å². The molecule has 0 aromatic heterocycles. The fourth-order valence-electron chi connectivity index (χ4n) is 0. The van der Waals surface area contributed by atoms with Gasteiger partial charge < -0.3 is 32.9 Å². The van der Waals surface area contributed by atoms with Crippen molar-refractivity contribution in [1.29, 1.82) is 0 Å². The van der Waals surface area contributed by atoms with E-state index in [9.17, 15) is 0 Å². The fraction of sp³-hybridized carbons (Fsp3) is 0. The molecule has 0 aromatic rings. The van der Waals surface area contributed by atoms with Gasteiger partial charge in [-0.25, -0.2) is 0 Å². The molecule has 0 rings (SSSR count). The Hall–Kier alpha value is 0.955. The van der Waals surface area contributed by atoms with Gasteiger partial charge in [0.25, 0.3) is 0 Å². The summed E-state index contributed by atoms with van der Waals surface area (Å²) in [5, 5.41) is 0. The summed E-state index contributed by atoms with van der Waals surface area (Å²) in [5.41, 5.74) is 0. The molecule has 0 unspecified atom stereocenters.